The third kappa shape index (κ3) is 8.26. The Balaban J connectivity index is 1.31. The second kappa shape index (κ2) is 14.7. The van der Waals surface area contributed by atoms with Crippen LogP contribution >= 0.6 is 0 Å². The number of ether oxygens (including phenoxy) is 2. The molecule has 14 nitrogen and oxygen atoms in total. The molecule has 0 saturated carbocycles. The summed E-state index contributed by atoms with van der Waals surface area (Å²) in [6.07, 6.45) is 0.130. The van der Waals surface area contributed by atoms with Gasteiger partial charge in [-0.2, -0.15) is 0 Å². The van der Waals surface area contributed by atoms with E-state index in [1.165, 1.54) is 48.5 Å². The fourth-order valence-electron chi connectivity index (χ4n) is 4.58. The Morgan fingerprint density at radius 1 is 0.911 bits per heavy atom. The van der Waals surface area contributed by atoms with Gasteiger partial charge in [-0.1, -0.05) is 59.8 Å². The molecule has 234 valence electrons. The number of likely N-dealkylation sites (tertiary alicyclic amines) is 1. The number of nitrogens with zero attached hydrogens (tertiary/aromatic N) is 2. The number of hydrogen-bond donors (Lipinski definition) is 4. The Morgan fingerprint density at radius 2 is 1.53 bits per heavy atom. The number of carbonyl (C=O) groups is 5. The third-order valence-electron chi connectivity index (χ3n) is 7.01. The average Bonchev–Trinajstić information content (AvgIpc) is 3.02. The second-order valence-corrected chi connectivity index (χ2v) is 10.2. The van der Waals surface area contributed by atoms with Gasteiger partial charge < -0.3 is 35.6 Å². The van der Waals surface area contributed by atoms with E-state index in [1.807, 2.05) is 6.07 Å². The van der Waals surface area contributed by atoms with Crippen LogP contribution in [0.3, 0.4) is 0 Å². The van der Waals surface area contributed by atoms with Gasteiger partial charge in [-0.05, 0) is 41.0 Å². The molecule has 4 atom stereocenters. The summed E-state index contributed by atoms with van der Waals surface area (Å²) < 4.78 is 10.7. The zero-order chi connectivity index (χ0) is 32.5. The van der Waals surface area contributed by atoms with E-state index >= 15 is 0 Å². The zero-order valence-electron chi connectivity index (χ0n) is 23.8. The molecule has 0 aromatic heterocycles. The normalized spacial score (nSPS) is 16.0. The predicted octanol–water partition coefficient (Wildman–Crippen LogP) is 1.98. The highest BCUT2D eigenvalue weighted by Crippen LogP contribution is 2.30. The van der Waals surface area contributed by atoms with Crippen LogP contribution in [0.25, 0.3) is 0 Å². The van der Waals surface area contributed by atoms with Crippen LogP contribution in [0.4, 0.5) is 0 Å². The van der Waals surface area contributed by atoms with E-state index in [2.05, 4.69) is 10.5 Å². The van der Waals surface area contributed by atoms with Crippen LogP contribution in [0.2, 0.25) is 0 Å². The molecule has 4 rings (SSSR count). The minimum atomic E-state index is -1.49. The van der Waals surface area contributed by atoms with Crippen LogP contribution in [0.5, 0.6) is 11.5 Å². The second-order valence-electron chi connectivity index (χ2n) is 10.2. The van der Waals surface area contributed by atoms with Crippen molar-refractivity contribution in [1.29, 1.82) is 0 Å². The smallest absolute Gasteiger partial charge is 0.331 e. The van der Waals surface area contributed by atoms with Crippen molar-refractivity contribution in [2.45, 2.75) is 37.0 Å². The van der Waals surface area contributed by atoms with Gasteiger partial charge in [0.05, 0.1) is 19.6 Å². The molecule has 4 unspecified atom stereocenters. The number of carbonyl (C=O) groups excluding carboxylic acids is 3. The van der Waals surface area contributed by atoms with Crippen LogP contribution in [-0.4, -0.2) is 70.1 Å². The molecule has 14 heteroatoms. The molecule has 1 aliphatic heterocycles. The van der Waals surface area contributed by atoms with Crippen molar-refractivity contribution in [3.05, 3.63) is 100 Å². The van der Waals surface area contributed by atoms with Crippen molar-refractivity contribution < 1.29 is 43.7 Å². The summed E-state index contributed by atoms with van der Waals surface area (Å²) in [5, 5.41) is 24.0. The van der Waals surface area contributed by atoms with Crippen LogP contribution in [0.1, 0.15) is 35.2 Å². The number of nitrogens with one attached hydrogen (secondary N) is 1. The summed E-state index contributed by atoms with van der Waals surface area (Å²) in [6, 6.07) is 15.5. The van der Waals surface area contributed by atoms with E-state index in [-0.39, 0.29) is 42.9 Å². The summed E-state index contributed by atoms with van der Waals surface area (Å²) in [5.41, 5.74) is 6.67. The van der Waals surface area contributed by atoms with Gasteiger partial charge in [0.2, 0.25) is 5.91 Å². The molecule has 0 spiro atoms. The lowest BCUT2D eigenvalue weighted by Crippen LogP contribution is -2.65. The van der Waals surface area contributed by atoms with Crippen molar-refractivity contribution in [3.63, 3.8) is 0 Å². The largest absolute Gasteiger partial charge is 0.494 e. The van der Waals surface area contributed by atoms with Crippen molar-refractivity contribution in [2.75, 3.05) is 13.2 Å². The first kappa shape index (κ1) is 32.3. The van der Waals surface area contributed by atoms with E-state index in [1.54, 1.807) is 24.3 Å². The summed E-state index contributed by atoms with van der Waals surface area (Å²) >= 11 is 0. The van der Waals surface area contributed by atoms with Crippen LogP contribution in [0.15, 0.2) is 84.0 Å². The van der Waals surface area contributed by atoms with Crippen molar-refractivity contribution in [1.82, 2.24) is 10.2 Å². The highest BCUT2D eigenvalue weighted by atomic mass is 16.5. The molecule has 0 aliphatic carbocycles. The average molecular weight is 619 g/mol. The van der Waals surface area contributed by atoms with Crippen LogP contribution < -0.4 is 20.5 Å². The molecule has 1 heterocycles. The number of aliphatic carboxylic acids is 2. The van der Waals surface area contributed by atoms with Crippen molar-refractivity contribution in [2.24, 2.45) is 10.9 Å². The maximum absolute atomic E-state index is 12.9. The van der Waals surface area contributed by atoms with E-state index < -0.39 is 53.9 Å². The molecule has 0 bridgehead atoms. The van der Waals surface area contributed by atoms with Gasteiger partial charge in [0.25, 0.3) is 5.91 Å². The monoisotopic (exact) mass is 618 g/mol. The maximum Gasteiger partial charge on any atom is 0.331 e. The topological polar surface area (TPSA) is 215 Å². The van der Waals surface area contributed by atoms with Gasteiger partial charge in [0, 0.05) is 6.42 Å². The van der Waals surface area contributed by atoms with Crippen LogP contribution in [-0.2, 0) is 30.4 Å². The first-order valence-corrected chi connectivity index (χ1v) is 13.8. The molecule has 5 N–H and O–H groups in total. The lowest BCUT2D eigenvalue weighted by Gasteiger charge is -2.42. The summed E-state index contributed by atoms with van der Waals surface area (Å²) in [4.78, 5) is 73.4. The number of hydrogen-bond acceptors (Lipinski definition) is 10. The Hall–Kier alpha value is -5.63. The summed E-state index contributed by atoms with van der Waals surface area (Å²) in [6.45, 7) is -0.0984. The van der Waals surface area contributed by atoms with Crippen LogP contribution in [0, 0.1) is 4.91 Å². The van der Waals surface area contributed by atoms with E-state index in [0.717, 1.165) is 10.5 Å². The number of esters is 1. The molecule has 45 heavy (non-hydrogen) atoms. The Labute approximate surface area is 256 Å². The lowest BCUT2D eigenvalue weighted by atomic mass is 9.97. The number of carboxylic acid groups (broad SMARTS) is 2. The number of rotatable bonds is 15. The number of carboxylic acids is 2. The highest BCUT2D eigenvalue weighted by molar-refractivity contribution is 5.96. The number of benzene rings is 3. The van der Waals surface area contributed by atoms with Gasteiger partial charge in [-0.3, -0.25) is 19.2 Å². The molecule has 1 fully saturated rings. The molecule has 0 radical (unpaired) electrons. The Kier molecular flexibility index (Phi) is 10.5. The van der Waals surface area contributed by atoms with E-state index in [4.69, 9.17) is 20.3 Å². The number of nitroso groups, excluding NO2 is 1. The Bertz CT molecular complexity index is 1550. The minimum Gasteiger partial charge on any atom is -0.494 e. The molecule has 1 saturated heterocycles. The van der Waals surface area contributed by atoms with E-state index in [9.17, 15) is 34.0 Å². The fraction of sp³-hybridized carbons (Fsp3) is 0.258. The number of amides is 2. The highest BCUT2D eigenvalue weighted by Gasteiger charge is 2.45. The Morgan fingerprint density at radius 3 is 2.11 bits per heavy atom. The first-order valence-electron chi connectivity index (χ1n) is 13.8. The van der Waals surface area contributed by atoms with Crippen molar-refractivity contribution in [3.8, 4) is 11.5 Å². The zero-order valence-corrected chi connectivity index (χ0v) is 23.8. The fourth-order valence-corrected chi connectivity index (χ4v) is 4.58. The molecular formula is C31H30N4O10. The van der Waals surface area contributed by atoms with Gasteiger partial charge in [-0.15, -0.1) is 4.91 Å². The summed E-state index contributed by atoms with van der Waals surface area (Å²) in [5.74, 6) is -3.91. The maximum atomic E-state index is 12.9. The third-order valence-corrected chi connectivity index (χ3v) is 7.01. The molecule has 2 amide bonds. The van der Waals surface area contributed by atoms with Gasteiger partial charge in [-0.25, -0.2) is 4.79 Å². The molecule has 3 aromatic rings. The quantitative estimate of drug-likeness (QED) is 0.0836. The molecule has 3 aromatic carbocycles. The van der Waals surface area contributed by atoms with E-state index in [0.29, 0.717) is 5.75 Å². The number of β-lactam (4-membered cyclic amide) rings is 1. The van der Waals surface area contributed by atoms with Crippen molar-refractivity contribution >= 4 is 29.7 Å². The first-order chi connectivity index (χ1) is 21.6. The standard InChI is InChI=1S/C31H30N4O10/c32-23(30(39)40)14-15-44-21-10-6-19(7-11-21)26(34-43)28(37)33-24-17-35(29(24)38)27(31(41)42)20-8-12-22(13-9-20)45-25(36)16-18-4-2-1-3-5-18/h1-13,23-24,26-27H,14-17,32H2,(H,33,37)(H,39,40)(H,41,42). The lowest BCUT2D eigenvalue weighted by molar-refractivity contribution is -0.160. The predicted molar refractivity (Wildman–Crippen MR) is 157 cm³/mol. The molecular weight excluding hydrogens is 588 g/mol. The summed E-state index contributed by atoms with van der Waals surface area (Å²) in [7, 11) is 0. The minimum absolute atomic E-state index is 0.0344. The van der Waals surface area contributed by atoms with Gasteiger partial charge in [0.1, 0.15) is 23.6 Å². The van der Waals surface area contributed by atoms with Gasteiger partial charge >= 0.3 is 17.9 Å². The number of nitrogens with two attached hydrogens (primary N) is 1. The SMILES string of the molecule is NC(CCOc1ccc(C(N=O)C(=O)NC2CN(C(C(=O)O)c3ccc(OC(=O)Cc4ccccc4)cc3)C2=O)cc1)C(=O)O. The van der Waals surface area contributed by atoms with Gasteiger partial charge in [0.15, 0.2) is 12.1 Å². The molecule has 1 aliphatic rings.